The van der Waals surface area contributed by atoms with Gasteiger partial charge in [0.1, 0.15) is 17.2 Å². The molecule has 2 heterocycles. The van der Waals surface area contributed by atoms with E-state index in [9.17, 15) is 9.18 Å². The number of rotatable bonds is 1. The first-order chi connectivity index (χ1) is 11.2. The van der Waals surface area contributed by atoms with Crippen LogP contribution in [0.15, 0.2) is 42.5 Å². The highest BCUT2D eigenvalue weighted by Crippen LogP contribution is 2.40. The predicted molar refractivity (Wildman–Crippen MR) is 84.2 cm³/mol. The van der Waals surface area contributed by atoms with Crippen LogP contribution < -0.4 is 4.74 Å². The molecule has 0 radical (unpaired) electrons. The first-order valence-electron chi connectivity index (χ1n) is 7.85. The Morgan fingerprint density at radius 1 is 1.00 bits per heavy atom. The van der Waals surface area contributed by atoms with Gasteiger partial charge in [0.25, 0.3) is 0 Å². The van der Waals surface area contributed by atoms with Gasteiger partial charge in [-0.15, -0.1) is 0 Å². The summed E-state index contributed by atoms with van der Waals surface area (Å²) in [7, 11) is 0. The van der Waals surface area contributed by atoms with Crippen molar-refractivity contribution in [1.29, 1.82) is 0 Å². The number of hydrogen-bond donors (Lipinski definition) is 0. The zero-order chi connectivity index (χ0) is 15.9. The quantitative estimate of drug-likeness (QED) is 0.798. The number of Topliss-reactive ketones (excluding diaryl/α,β-unsaturated/α-hetero) is 1. The zero-order valence-electron chi connectivity index (χ0n) is 12.7. The van der Waals surface area contributed by atoms with Gasteiger partial charge >= 0.3 is 0 Å². The number of fused-ring (bicyclic) bond motifs is 1. The topological polar surface area (TPSA) is 35.5 Å². The van der Waals surface area contributed by atoms with Crippen molar-refractivity contribution in [2.75, 3.05) is 13.2 Å². The summed E-state index contributed by atoms with van der Waals surface area (Å²) in [5.74, 6) is 0.432. The molecule has 2 aromatic rings. The van der Waals surface area contributed by atoms with Crippen molar-refractivity contribution in [1.82, 2.24) is 0 Å². The summed E-state index contributed by atoms with van der Waals surface area (Å²) in [4.78, 5) is 12.5. The van der Waals surface area contributed by atoms with Crippen LogP contribution in [0.25, 0.3) is 11.1 Å². The molecule has 0 unspecified atom stereocenters. The van der Waals surface area contributed by atoms with Crippen molar-refractivity contribution in [2.24, 2.45) is 0 Å². The molecule has 2 aliphatic rings. The monoisotopic (exact) mass is 312 g/mol. The summed E-state index contributed by atoms with van der Waals surface area (Å²) in [6.07, 6.45) is 1.85. The third-order valence-corrected chi connectivity index (χ3v) is 4.65. The minimum absolute atomic E-state index is 0.110. The van der Waals surface area contributed by atoms with Gasteiger partial charge in [-0.2, -0.15) is 0 Å². The van der Waals surface area contributed by atoms with Gasteiger partial charge in [-0.1, -0.05) is 18.2 Å². The molecule has 0 saturated carbocycles. The maximum absolute atomic E-state index is 13.4. The Kier molecular flexibility index (Phi) is 3.42. The summed E-state index contributed by atoms with van der Waals surface area (Å²) in [5, 5.41) is 0. The normalized spacial score (nSPS) is 19.3. The standard InChI is InChI=1S/C19H17FO3/c20-15-3-1-2-13(10-15)14-4-5-16-17(21)12-19(23-18(16)11-14)6-8-22-9-7-19/h1-5,10-11H,6-9,12H2. The van der Waals surface area contributed by atoms with Crippen molar-refractivity contribution in [3.05, 3.63) is 53.8 Å². The smallest absolute Gasteiger partial charge is 0.170 e. The molecule has 4 heteroatoms. The van der Waals surface area contributed by atoms with E-state index >= 15 is 0 Å². The molecule has 4 rings (SSSR count). The van der Waals surface area contributed by atoms with Crippen LogP contribution in [-0.4, -0.2) is 24.6 Å². The number of ketones is 1. The van der Waals surface area contributed by atoms with Gasteiger partial charge in [0.05, 0.1) is 25.2 Å². The Bertz CT molecular complexity index is 763. The van der Waals surface area contributed by atoms with Gasteiger partial charge in [-0.25, -0.2) is 4.39 Å². The summed E-state index contributed by atoms with van der Waals surface area (Å²) < 4.78 is 25.1. The first kappa shape index (κ1) is 14.4. The van der Waals surface area contributed by atoms with Crippen LogP contribution in [0, 0.1) is 5.82 Å². The van der Waals surface area contributed by atoms with Crippen LogP contribution in [0.1, 0.15) is 29.6 Å². The lowest BCUT2D eigenvalue weighted by atomic mass is 9.83. The van der Waals surface area contributed by atoms with Gasteiger partial charge < -0.3 is 9.47 Å². The van der Waals surface area contributed by atoms with E-state index in [1.54, 1.807) is 12.1 Å². The Labute approximate surface area is 134 Å². The SMILES string of the molecule is O=C1CC2(CCOCC2)Oc2cc(-c3cccc(F)c3)ccc21. The largest absolute Gasteiger partial charge is 0.486 e. The van der Waals surface area contributed by atoms with E-state index in [4.69, 9.17) is 9.47 Å². The minimum atomic E-state index is -0.442. The minimum Gasteiger partial charge on any atom is -0.486 e. The number of carbonyl (C=O) groups excluding carboxylic acids is 1. The fourth-order valence-electron chi connectivity index (χ4n) is 3.36. The summed E-state index contributed by atoms with van der Waals surface area (Å²) in [6, 6.07) is 11.9. The van der Waals surface area contributed by atoms with Crippen molar-refractivity contribution in [3.63, 3.8) is 0 Å². The molecule has 0 amide bonds. The lowest BCUT2D eigenvalue weighted by molar-refractivity contribution is -0.0504. The molecule has 0 atom stereocenters. The Morgan fingerprint density at radius 3 is 2.57 bits per heavy atom. The highest BCUT2D eigenvalue weighted by atomic mass is 19.1. The summed E-state index contributed by atoms with van der Waals surface area (Å²) >= 11 is 0. The van der Waals surface area contributed by atoms with Gasteiger partial charge in [-0.05, 0) is 35.4 Å². The molecule has 0 bridgehead atoms. The third kappa shape index (κ3) is 2.63. The van der Waals surface area contributed by atoms with Crippen LogP contribution >= 0.6 is 0 Å². The molecule has 23 heavy (non-hydrogen) atoms. The molecule has 0 N–H and O–H groups in total. The van der Waals surface area contributed by atoms with E-state index in [-0.39, 0.29) is 11.6 Å². The van der Waals surface area contributed by atoms with E-state index in [1.807, 2.05) is 18.2 Å². The van der Waals surface area contributed by atoms with E-state index in [0.29, 0.717) is 30.9 Å². The molecule has 1 spiro atoms. The molecule has 1 saturated heterocycles. The molecular formula is C19H17FO3. The molecule has 2 aliphatic heterocycles. The van der Waals surface area contributed by atoms with Crippen LogP contribution in [0.3, 0.4) is 0 Å². The van der Waals surface area contributed by atoms with Gasteiger partial charge in [0, 0.05) is 12.8 Å². The summed E-state index contributed by atoms with van der Waals surface area (Å²) in [5.41, 5.74) is 1.79. The highest BCUT2D eigenvalue weighted by molar-refractivity contribution is 6.01. The van der Waals surface area contributed by atoms with Crippen LogP contribution in [0.2, 0.25) is 0 Å². The second kappa shape index (κ2) is 5.46. The van der Waals surface area contributed by atoms with Crippen LogP contribution in [-0.2, 0) is 4.74 Å². The molecule has 1 fully saturated rings. The Balaban J connectivity index is 1.73. The maximum Gasteiger partial charge on any atom is 0.170 e. The van der Waals surface area contributed by atoms with E-state index in [2.05, 4.69) is 0 Å². The summed E-state index contributed by atoms with van der Waals surface area (Å²) in [6.45, 7) is 1.23. The van der Waals surface area contributed by atoms with Crippen molar-refractivity contribution in [3.8, 4) is 16.9 Å². The van der Waals surface area contributed by atoms with Crippen molar-refractivity contribution in [2.45, 2.75) is 24.9 Å². The van der Waals surface area contributed by atoms with E-state index in [0.717, 1.165) is 24.0 Å². The highest BCUT2D eigenvalue weighted by Gasteiger charge is 2.41. The second-order valence-corrected chi connectivity index (χ2v) is 6.22. The average molecular weight is 312 g/mol. The van der Waals surface area contributed by atoms with Crippen LogP contribution in [0.4, 0.5) is 4.39 Å². The van der Waals surface area contributed by atoms with Crippen molar-refractivity contribution < 1.29 is 18.7 Å². The molecule has 0 aliphatic carbocycles. The lowest BCUT2D eigenvalue weighted by Crippen LogP contribution is -2.46. The zero-order valence-corrected chi connectivity index (χ0v) is 12.7. The molecule has 0 aromatic heterocycles. The first-order valence-corrected chi connectivity index (χ1v) is 7.85. The number of halogens is 1. The molecule has 2 aromatic carbocycles. The second-order valence-electron chi connectivity index (χ2n) is 6.22. The van der Waals surface area contributed by atoms with E-state index in [1.165, 1.54) is 12.1 Å². The predicted octanol–water partition coefficient (Wildman–Crippen LogP) is 4.01. The lowest BCUT2D eigenvalue weighted by Gasteiger charge is -2.40. The number of ether oxygens (including phenoxy) is 2. The Morgan fingerprint density at radius 2 is 1.78 bits per heavy atom. The number of benzene rings is 2. The molecule has 118 valence electrons. The maximum atomic E-state index is 13.4. The van der Waals surface area contributed by atoms with Crippen molar-refractivity contribution >= 4 is 5.78 Å². The number of hydrogen-bond acceptors (Lipinski definition) is 3. The van der Waals surface area contributed by atoms with Gasteiger partial charge in [0.2, 0.25) is 0 Å². The average Bonchev–Trinajstić information content (AvgIpc) is 2.55. The third-order valence-electron chi connectivity index (χ3n) is 4.65. The fraction of sp³-hybridized carbons (Fsp3) is 0.316. The van der Waals surface area contributed by atoms with Gasteiger partial charge in [0.15, 0.2) is 5.78 Å². The van der Waals surface area contributed by atoms with Gasteiger partial charge in [-0.3, -0.25) is 4.79 Å². The molecular weight excluding hydrogens is 295 g/mol. The van der Waals surface area contributed by atoms with E-state index < -0.39 is 5.60 Å². The number of carbonyl (C=O) groups is 1. The van der Waals surface area contributed by atoms with Crippen LogP contribution in [0.5, 0.6) is 5.75 Å². The molecule has 3 nitrogen and oxygen atoms in total. The Hall–Kier alpha value is -2.20. The fourth-order valence-corrected chi connectivity index (χ4v) is 3.36.